The SMILES string of the molecule is CC(C)(C)OC(=O)CCCC(=O)Cl. The van der Waals surface area contributed by atoms with E-state index in [1.165, 1.54) is 0 Å². The van der Waals surface area contributed by atoms with Crippen LogP contribution in [0.5, 0.6) is 0 Å². The molecule has 0 saturated heterocycles. The highest BCUT2D eigenvalue weighted by Gasteiger charge is 2.15. The van der Waals surface area contributed by atoms with Crippen LogP contribution in [0.4, 0.5) is 0 Å². The van der Waals surface area contributed by atoms with Crippen LogP contribution in [-0.2, 0) is 14.3 Å². The third-order valence-electron chi connectivity index (χ3n) is 1.17. The van der Waals surface area contributed by atoms with Crippen LogP contribution in [0.25, 0.3) is 0 Å². The number of esters is 1. The molecule has 0 aromatic rings. The summed E-state index contributed by atoms with van der Waals surface area (Å²) in [6, 6.07) is 0. The summed E-state index contributed by atoms with van der Waals surface area (Å²) >= 11 is 5.10. The van der Waals surface area contributed by atoms with Crippen molar-refractivity contribution < 1.29 is 14.3 Å². The van der Waals surface area contributed by atoms with Crippen molar-refractivity contribution in [1.29, 1.82) is 0 Å². The molecule has 3 nitrogen and oxygen atoms in total. The lowest BCUT2D eigenvalue weighted by atomic mass is 10.2. The molecule has 0 spiro atoms. The summed E-state index contributed by atoms with van der Waals surface area (Å²) in [7, 11) is 0. The lowest BCUT2D eigenvalue weighted by Crippen LogP contribution is -2.23. The number of halogens is 1. The molecule has 0 radical (unpaired) electrons. The molecule has 0 rings (SSSR count). The summed E-state index contributed by atoms with van der Waals surface area (Å²) < 4.78 is 5.03. The minimum absolute atomic E-state index is 0.223. The number of hydrogen-bond acceptors (Lipinski definition) is 3. The second kappa shape index (κ2) is 5.22. The Labute approximate surface area is 83.4 Å². The predicted octanol–water partition coefficient (Wildman–Crippen LogP) is 2.26. The fraction of sp³-hybridized carbons (Fsp3) is 0.778. The van der Waals surface area contributed by atoms with Crippen LogP contribution in [0, 0.1) is 0 Å². The van der Waals surface area contributed by atoms with Crippen LogP contribution in [0.1, 0.15) is 40.0 Å². The Kier molecular flexibility index (Phi) is 4.99. The molecule has 0 aliphatic heterocycles. The van der Waals surface area contributed by atoms with Crippen LogP contribution < -0.4 is 0 Å². The van der Waals surface area contributed by atoms with Gasteiger partial charge in [-0.1, -0.05) is 0 Å². The van der Waals surface area contributed by atoms with Gasteiger partial charge in [0.25, 0.3) is 0 Å². The Morgan fingerprint density at radius 1 is 1.23 bits per heavy atom. The van der Waals surface area contributed by atoms with E-state index in [9.17, 15) is 9.59 Å². The normalized spacial score (nSPS) is 11.1. The summed E-state index contributed by atoms with van der Waals surface area (Å²) in [5.74, 6) is -0.287. The molecular weight excluding hydrogens is 192 g/mol. The molecule has 0 N–H and O–H groups in total. The summed E-state index contributed by atoms with van der Waals surface area (Å²) in [6.45, 7) is 5.41. The standard InChI is InChI=1S/C9H15ClO3/c1-9(2,3)13-8(12)6-4-5-7(10)11/h4-6H2,1-3H3. The first-order chi connectivity index (χ1) is 5.81. The molecule has 0 bridgehead atoms. The molecule has 0 aromatic carbocycles. The van der Waals surface area contributed by atoms with E-state index in [1.807, 2.05) is 0 Å². The molecule has 4 heteroatoms. The summed E-state index contributed by atoms with van der Waals surface area (Å²) in [5.41, 5.74) is -0.456. The quantitative estimate of drug-likeness (QED) is 0.524. The van der Waals surface area contributed by atoms with Crippen LogP contribution in [0.3, 0.4) is 0 Å². The maximum atomic E-state index is 11.1. The van der Waals surface area contributed by atoms with Crippen LogP contribution in [0.2, 0.25) is 0 Å². The van der Waals surface area contributed by atoms with Gasteiger partial charge in [-0.05, 0) is 38.8 Å². The first-order valence-electron chi connectivity index (χ1n) is 4.21. The van der Waals surface area contributed by atoms with E-state index >= 15 is 0 Å². The van der Waals surface area contributed by atoms with Gasteiger partial charge in [0.1, 0.15) is 5.60 Å². The zero-order valence-electron chi connectivity index (χ0n) is 8.22. The average Bonchev–Trinajstić information content (AvgIpc) is 1.81. The van der Waals surface area contributed by atoms with Crippen LogP contribution in [-0.4, -0.2) is 16.8 Å². The number of ether oxygens (including phenoxy) is 1. The van der Waals surface area contributed by atoms with Crippen LogP contribution in [0.15, 0.2) is 0 Å². The van der Waals surface area contributed by atoms with Crippen LogP contribution >= 0.6 is 11.6 Å². The van der Waals surface area contributed by atoms with Crippen molar-refractivity contribution in [1.82, 2.24) is 0 Å². The molecule has 0 amide bonds. The Balaban J connectivity index is 3.59. The lowest BCUT2D eigenvalue weighted by molar-refractivity contribution is -0.154. The van der Waals surface area contributed by atoms with Crippen molar-refractivity contribution >= 4 is 22.8 Å². The Morgan fingerprint density at radius 2 is 1.77 bits per heavy atom. The van der Waals surface area contributed by atoms with E-state index in [2.05, 4.69) is 0 Å². The van der Waals surface area contributed by atoms with Gasteiger partial charge in [-0.15, -0.1) is 0 Å². The summed E-state index contributed by atoms with van der Waals surface area (Å²) in [4.78, 5) is 21.4. The van der Waals surface area contributed by atoms with Gasteiger partial charge in [0, 0.05) is 12.8 Å². The third-order valence-corrected chi connectivity index (χ3v) is 1.36. The Hall–Kier alpha value is -0.570. The molecule has 0 unspecified atom stereocenters. The molecule has 0 heterocycles. The Bertz CT molecular complexity index is 194. The van der Waals surface area contributed by atoms with Crippen molar-refractivity contribution in [3.8, 4) is 0 Å². The second-order valence-electron chi connectivity index (χ2n) is 3.80. The van der Waals surface area contributed by atoms with Gasteiger partial charge in [-0.25, -0.2) is 0 Å². The number of rotatable bonds is 4. The molecule has 0 atom stereocenters. The summed E-state index contributed by atoms with van der Waals surface area (Å²) in [5, 5.41) is -0.413. The van der Waals surface area contributed by atoms with E-state index in [-0.39, 0.29) is 18.8 Å². The minimum atomic E-state index is -0.456. The van der Waals surface area contributed by atoms with Gasteiger partial charge in [0.2, 0.25) is 5.24 Å². The van der Waals surface area contributed by atoms with E-state index < -0.39 is 10.8 Å². The molecule has 0 aromatic heterocycles. The highest BCUT2D eigenvalue weighted by molar-refractivity contribution is 6.63. The first-order valence-corrected chi connectivity index (χ1v) is 4.59. The predicted molar refractivity (Wildman–Crippen MR) is 50.6 cm³/mol. The van der Waals surface area contributed by atoms with Gasteiger partial charge in [-0.2, -0.15) is 0 Å². The number of carbonyl (C=O) groups excluding carboxylic acids is 2. The second-order valence-corrected chi connectivity index (χ2v) is 4.22. The summed E-state index contributed by atoms with van der Waals surface area (Å²) in [6.07, 6.45) is 0.924. The highest BCUT2D eigenvalue weighted by atomic mass is 35.5. The molecule has 0 aliphatic rings. The topological polar surface area (TPSA) is 43.4 Å². The van der Waals surface area contributed by atoms with E-state index in [4.69, 9.17) is 16.3 Å². The number of carbonyl (C=O) groups is 2. The molecular formula is C9H15ClO3. The molecule has 76 valence electrons. The largest absolute Gasteiger partial charge is 0.460 e. The highest BCUT2D eigenvalue weighted by Crippen LogP contribution is 2.10. The smallest absolute Gasteiger partial charge is 0.306 e. The lowest BCUT2D eigenvalue weighted by Gasteiger charge is -2.19. The van der Waals surface area contributed by atoms with Crippen molar-refractivity contribution in [2.24, 2.45) is 0 Å². The Morgan fingerprint density at radius 3 is 2.15 bits per heavy atom. The third kappa shape index (κ3) is 9.34. The maximum absolute atomic E-state index is 11.1. The molecule has 0 saturated carbocycles. The van der Waals surface area contributed by atoms with Crippen molar-refractivity contribution in [2.45, 2.75) is 45.6 Å². The van der Waals surface area contributed by atoms with Crippen molar-refractivity contribution in [3.63, 3.8) is 0 Å². The van der Waals surface area contributed by atoms with E-state index in [0.717, 1.165) is 0 Å². The number of hydrogen-bond donors (Lipinski definition) is 0. The van der Waals surface area contributed by atoms with Gasteiger partial charge in [-0.3, -0.25) is 9.59 Å². The molecule has 0 fully saturated rings. The van der Waals surface area contributed by atoms with Gasteiger partial charge in [0.05, 0.1) is 0 Å². The average molecular weight is 207 g/mol. The van der Waals surface area contributed by atoms with Gasteiger partial charge in [0.15, 0.2) is 0 Å². The van der Waals surface area contributed by atoms with E-state index in [0.29, 0.717) is 6.42 Å². The minimum Gasteiger partial charge on any atom is -0.460 e. The zero-order valence-corrected chi connectivity index (χ0v) is 8.98. The first kappa shape index (κ1) is 12.4. The maximum Gasteiger partial charge on any atom is 0.306 e. The monoisotopic (exact) mass is 206 g/mol. The molecule has 0 aliphatic carbocycles. The van der Waals surface area contributed by atoms with Gasteiger partial charge < -0.3 is 4.74 Å². The fourth-order valence-electron chi connectivity index (χ4n) is 0.764. The zero-order chi connectivity index (χ0) is 10.5. The van der Waals surface area contributed by atoms with Gasteiger partial charge >= 0.3 is 5.97 Å². The van der Waals surface area contributed by atoms with E-state index in [1.54, 1.807) is 20.8 Å². The molecule has 13 heavy (non-hydrogen) atoms. The van der Waals surface area contributed by atoms with Crippen molar-refractivity contribution in [2.75, 3.05) is 0 Å². The fourth-order valence-corrected chi connectivity index (χ4v) is 0.898. The van der Waals surface area contributed by atoms with Crippen molar-refractivity contribution in [3.05, 3.63) is 0 Å².